The predicted octanol–water partition coefficient (Wildman–Crippen LogP) is 4.15. The van der Waals surface area contributed by atoms with Crippen molar-refractivity contribution in [2.45, 2.75) is 57.5 Å². The molecular formula is C21H23N3O2S2. The van der Waals surface area contributed by atoms with Crippen LogP contribution in [0.3, 0.4) is 0 Å². The fourth-order valence-corrected chi connectivity index (χ4v) is 6.64. The van der Waals surface area contributed by atoms with Gasteiger partial charge in [-0.05, 0) is 55.5 Å². The van der Waals surface area contributed by atoms with Gasteiger partial charge in [-0.1, -0.05) is 6.07 Å². The van der Waals surface area contributed by atoms with Crippen LogP contribution in [0.5, 0.6) is 0 Å². The van der Waals surface area contributed by atoms with Gasteiger partial charge < -0.3 is 4.90 Å². The minimum Gasteiger partial charge on any atom is -0.335 e. The number of carbonyl (C=O) groups is 1. The summed E-state index contributed by atoms with van der Waals surface area (Å²) < 4.78 is 1.64. The zero-order valence-corrected chi connectivity index (χ0v) is 17.4. The molecule has 3 aromatic heterocycles. The summed E-state index contributed by atoms with van der Waals surface area (Å²) in [5.74, 6) is 0.134. The number of likely N-dealkylation sites (tertiary alicyclic amines) is 1. The Labute approximate surface area is 171 Å². The van der Waals surface area contributed by atoms with Crippen molar-refractivity contribution >= 4 is 38.8 Å². The third-order valence-electron chi connectivity index (χ3n) is 5.95. The molecule has 0 unspecified atom stereocenters. The molecule has 0 bridgehead atoms. The molecule has 0 N–H and O–H groups in total. The fraction of sp³-hybridized carbons (Fsp3) is 0.476. The predicted molar refractivity (Wildman–Crippen MR) is 113 cm³/mol. The smallest absolute Gasteiger partial charge is 0.262 e. The van der Waals surface area contributed by atoms with Gasteiger partial charge in [0.1, 0.15) is 4.83 Å². The Hall–Kier alpha value is -1.99. The number of hydrogen-bond acceptors (Lipinski definition) is 5. The summed E-state index contributed by atoms with van der Waals surface area (Å²) in [6.45, 7) is 1.21. The Balaban J connectivity index is 1.35. The van der Waals surface area contributed by atoms with Gasteiger partial charge in [0, 0.05) is 29.3 Å². The van der Waals surface area contributed by atoms with Crippen molar-refractivity contribution in [3.63, 3.8) is 0 Å². The molecule has 28 heavy (non-hydrogen) atoms. The molecule has 1 saturated heterocycles. The van der Waals surface area contributed by atoms with Crippen molar-refractivity contribution < 1.29 is 4.79 Å². The van der Waals surface area contributed by atoms with Crippen molar-refractivity contribution in [1.29, 1.82) is 0 Å². The van der Waals surface area contributed by atoms with E-state index < -0.39 is 0 Å². The average molecular weight is 414 g/mol. The highest BCUT2D eigenvalue weighted by atomic mass is 32.1. The molecule has 4 heterocycles. The number of amides is 1. The van der Waals surface area contributed by atoms with Gasteiger partial charge in [-0.3, -0.25) is 14.2 Å². The minimum atomic E-state index is 0.0217. The highest BCUT2D eigenvalue weighted by Crippen LogP contribution is 2.35. The number of nitrogens with zero attached hydrogens (tertiary/aromatic N) is 3. The van der Waals surface area contributed by atoms with Gasteiger partial charge in [0.2, 0.25) is 5.91 Å². The van der Waals surface area contributed by atoms with Gasteiger partial charge in [-0.25, -0.2) is 4.98 Å². The van der Waals surface area contributed by atoms with Gasteiger partial charge in [0.25, 0.3) is 5.56 Å². The van der Waals surface area contributed by atoms with Gasteiger partial charge >= 0.3 is 0 Å². The summed E-state index contributed by atoms with van der Waals surface area (Å²) in [7, 11) is 0. The molecule has 0 aromatic carbocycles. The van der Waals surface area contributed by atoms with Crippen LogP contribution >= 0.6 is 22.7 Å². The third kappa shape index (κ3) is 3.10. The lowest BCUT2D eigenvalue weighted by Gasteiger charge is -2.24. The lowest BCUT2D eigenvalue weighted by atomic mass is 9.97. The molecular weight excluding hydrogens is 390 g/mol. The molecule has 1 fully saturated rings. The summed E-state index contributed by atoms with van der Waals surface area (Å²) in [6.07, 6.45) is 8.43. The normalized spacial score (nSPS) is 19.3. The number of thiophene rings is 2. The van der Waals surface area contributed by atoms with Crippen molar-refractivity contribution in [1.82, 2.24) is 14.5 Å². The molecule has 146 valence electrons. The SMILES string of the molecule is O=C(CCn1cnc2sc3c(c2c1=O)CCCC3)N1CCC[C@H]1c1cccs1. The highest BCUT2D eigenvalue weighted by molar-refractivity contribution is 7.18. The van der Waals surface area contributed by atoms with Crippen LogP contribution in [-0.2, 0) is 24.2 Å². The first-order chi connectivity index (χ1) is 13.7. The summed E-state index contributed by atoms with van der Waals surface area (Å²) >= 11 is 3.38. The highest BCUT2D eigenvalue weighted by Gasteiger charge is 2.30. The molecule has 1 aliphatic heterocycles. The second kappa shape index (κ2) is 7.44. The van der Waals surface area contributed by atoms with Crippen LogP contribution in [0.25, 0.3) is 10.2 Å². The minimum absolute atomic E-state index is 0.0217. The van der Waals surface area contributed by atoms with Crippen LogP contribution in [0.15, 0.2) is 28.6 Å². The molecule has 7 heteroatoms. The number of aromatic nitrogens is 2. The molecule has 5 rings (SSSR count). The monoisotopic (exact) mass is 413 g/mol. The van der Waals surface area contributed by atoms with Crippen molar-refractivity contribution in [3.05, 3.63) is 49.5 Å². The maximum Gasteiger partial charge on any atom is 0.262 e. The molecule has 5 nitrogen and oxygen atoms in total. The molecule has 1 amide bonds. The van der Waals surface area contributed by atoms with Crippen molar-refractivity contribution in [2.24, 2.45) is 0 Å². The van der Waals surface area contributed by atoms with Crippen LogP contribution in [-0.4, -0.2) is 26.9 Å². The summed E-state index contributed by atoms with van der Waals surface area (Å²) in [6, 6.07) is 4.36. The zero-order valence-electron chi connectivity index (χ0n) is 15.7. The lowest BCUT2D eigenvalue weighted by molar-refractivity contribution is -0.132. The van der Waals surface area contributed by atoms with Gasteiger partial charge in [-0.15, -0.1) is 22.7 Å². The summed E-state index contributed by atoms with van der Waals surface area (Å²) in [5.41, 5.74) is 1.23. The molecule has 2 aliphatic rings. The van der Waals surface area contributed by atoms with E-state index in [1.165, 1.54) is 21.7 Å². The van der Waals surface area contributed by atoms with Gasteiger partial charge in [0.05, 0.1) is 17.8 Å². The van der Waals surface area contributed by atoms with E-state index in [4.69, 9.17) is 0 Å². The van der Waals surface area contributed by atoms with Crippen LogP contribution in [0.2, 0.25) is 0 Å². The topological polar surface area (TPSA) is 55.2 Å². The van der Waals surface area contributed by atoms with Crippen molar-refractivity contribution in [3.8, 4) is 0 Å². The number of aryl methyl sites for hydroxylation is 3. The largest absolute Gasteiger partial charge is 0.335 e. The number of hydrogen-bond donors (Lipinski definition) is 0. The number of rotatable bonds is 4. The van der Waals surface area contributed by atoms with E-state index in [1.54, 1.807) is 33.6 Å². The van der Waals surface area contributed by atoms with E-state index in [2.05, 4.69) is 16.4 Å². The Kier molecular flexibility index (Phi) is 4.80. The van der Waals surface area contributed by atoms with Crippen LogP contribution in [0.1, 0.15) is 53.5 Å². The second-order valence-electron chi connectivity index (χ2n) is 7.64. The van der Waals surface area contributed by atoms with Crippen LogP contribution in [0, 0.1) is 0 Å². The molecule has 0 spiro atoms. The van der Waals surface area contributed by atoms with Crippen LogP contribution in [0.4, 0.5) is 0 Å². The first-order valence-corrected chi connectivity index (χ1v) is 11.7. The standard InChI is InChI=1S/C21H23N3O2S2/c25-18(24-10-3-6-15(24)17-8-4-12-27-17)9-11-23-13-22-20-19(21(23)26)14-5-1-2-7-16(14)28-20/h4,8,12-13,15H,1-3,5-7,9-11H2/t15-/m0/s1. The van der Waals surface area contributed by atoms with E-state index in [0.29, 0.717) is 13.0 Å². The Morgan fingerprint density at radius 3 is 3.00 bits per heavy atom. The first kappa shape index (κ1) is 18.1. The van der Waals surface area contributed by atoms with Gasteiger partial charge in [-0.2, -0.15) is 0 Å². The fourth-order valence-electron chi connectivity index (χ4n) is 4.54. The van der Waals surface area contributed by atoms with E-state index in [1.807, 2.05) is 11.0 Å². The van der Waals surface area contributed by atoms with E-state index >= 15 is 0 Å². The second-order valence-corrected chi connectivity index (χ2v) is 9.71. The Morgan fingerprint density at radius 1 is 1.25 bits per heavy atom. The first-order valence-electron chi connectivity index (χ1n) is 10.0. The molecule has 0 radical (unpaired) electrons. The number of fused-ring (bicyclic) bond motifs is 3. The molecule has 1 aliphatic carbocycles. The third-order valence-corrected chi connectivity index (χ3v) is 8.13. The average Bonchev–Trinajstić information content (AvgIpc) is 3.45. The summed E-state index contributed by atoms with van der Waals surface area (Å²) in [4.78, 5) is 35.9. The van der Waals surface area contributed by atoms with E-state index in [-0.39, 0.29) is 17.5 Å². The van der Waals surface area contributed by atoms with E-state index in [9.17, 15) is 9.59 Å². The maximum absolute atomic E-state index is 13.1. The zero-order chi connectivity index (χ0) is 19.1. The maximum atomic E-state index is 13.1. The van der Waals surface area contributed by atoms with Gasteiger partial charge in [0.15, 0.2) is 0 Å². The summed E-state index contributed by atoms with van der Waals surface area (Å²) in [5, 5.41) is 2.87. The van der Waals surface area contributed by atoms with Crippen molar-refractivity contribution in [2.75, 3.05) is 6.54 Å². The number of carbonyl (C=O) groups excluding carboxylic acids is 1. The Bertz CT molecular complexity index is 1070. The molecule has 1 atom stereocenters. The van der Waals surface area contributed by atoms with E-state index in [0.717, 1.165) is 48.9 Å². The van der Waals surface area contributed by atoms with Crippen LogP contribution < -0.4 is 5.56 Å². The lowest BCUT2D eigenvalue weighted by Crippen LogP contribution is -2.32. The quantitative estimate of drug-likeness (QED) is 0.646. The molecule has 3 aromatic rings. The molecule has 0 saturated carbocycles. The Morgan fingerprint density at radius 2 is 2.14 bits per heavy atom.